The van der Waals surface area contributed by atoms with Crippen LogP contribution in [-0.2, 0) is 0 Å². The van der Waals surface area contributed by atoms with E-state index in [1.165, 1.54) is 13.2 Å². The van der Waals surface area contributed by atoms with Gasteiger partial charge in [-0.1, -0.05) is 6.07 Å². The van der Waals surface area contributed by atoms with Gasteiger partial charge in [0.1, 0.15) is 22.9 Å². The molecule has 0 saturated carbocycles. The Hall–Kier alpha value is -4.64. The first-order chi connectivity index (χ1) is 19.3. The van der Waals surface area contributed by atoms with Crippen molar-refractivity contribution in [1.29, 1.82) is 0 Å². The minimum absolute atomic E-state index is 0.0530. The van der Waals surface area contributed by atoms with E-state index >= 15 is 0 Å². The van der Waals surface area contributed by atoms with Gasteiger partial charge < -0.3 is 29.0 Å². The Morgan fingerprint density at radius 2 is 1.65 bits per heavy atom. The van der Waals surface area contributed by atoms with E-state index in [2.05, 4.69) is 10.3 Å². The van der Waals surface area contributed by atoms with Crippen LogP contribution in [0.5, 0.6) is 17.2 Å². The lowest BCUT2D eigenvalue weighted by Gasteiger charge is -2.29. The van der Waals surface area contributed by atoms with Crippen molar-refractivity contribution in [3.05, 3.63) is 99.6 Å². The average molecular weight is 560 g/mol. The maximum Gasteiger partial charge on any atom is 0.296 e. The van der Waals surface area contributed by atoms with Crippen molar-refractivity contribution in [3.8, 4) is 22.9 Å². The van der Waals surface area contributed by atoms with Gasteiger partial charge in [-0.15, -0.1) is 0 Å². The first-order valence-electron chi connectivity index (χ1n) is 12.5. The number of hydrogen-bond donors (Lipinski definition) is 1. The van der Waals surface area contributed by atoms with Gasteiger partial charge in [0.25, 0.3) is 5.69 Å². The standard InChI is InChI=1S/C29H29N5O5S/c1-17-14-21(18(2)32(17)23-11-9-19(37-3)15-25(23)34(35)36)28-27(22-8-6-7-13-30-22)31-29(40)33(28)24-12-10-20(38-4)16-26(24)39-5/h6-16,27-28H,1-5H3,(H,31,40)/t27-,28-/m0/s1. The highest BCUT2D eigenvalue weighted by molar-refractivity contribution is 7.80. The van der Waals surface area contributed by atoms with Gasteiger partial charge >= 0.3 is 0 Å². The fourth-order valence-electron chi connectivity index (χ4n) is 5.34. The number of aromatic nitrogens is 2. The van der Waals surface area contributed by atoms with E-state index in [-0.39, 0.29) is 17.8 Å². The molecule has 1 aliphatic heterocycles. The van der Waals surface area contributed by atoms with E-state index in [0.29, 0.717) is 28.0 Å². The number of methoxy groups -OCH3 is 3. The lowest BCUT2D eigenvalue weighted by Crippen LogP contribution is -2.30. The molecule has 40 heavy (non-hydrogen) atoms. The first-order valence-corrected chi connectivity index (χ1v) is 12.9. The molecule has 0 aliphatic carbocycles. The summed E-state index contributed by atoms with van der Waals surface area (Å²) in [5.41, 5.74) is 4.56. The fourth-order valence-corrected chi connectivity index (χ4v) is 5.68. The normalized spacial score (nSPS) is 16.5. The van der Waals surface area contributed by atoms with Crippen LogP contribution in [0.4, 0.5) is 11.4 Å². The summed E-state index contributed by atoms with van der Waals surface area (Å²) in [5.74, 6) is 1.66. The van der Waals surface area contributed by atoms with Gasteiger partial charge in [-0.25, -0.2) is 0 Å². The number of aryl methyl sites for hydroxylation is 1. The number of nitrogens with zero attached hydrogens (tertiary/aromatic N) is 4. The molecule has 3 heterocycles. The van der Waals surface area contributed by atoms with E-state index in [9.17, 15) is 10.1 Å². The van der Waals surface area contributed by atoms with E-state index in [1.807, 2.05) is 65.8 Å². The summed E-state index contributed by atoms with van der Waals surface area (Å²) < 4.78 is 18.3. The molecular weight excluding hydrogens is 530 g/mol. The van der Waals surface area contributed by atoms with Crippen LogP contribution in [-0.4, -0.2) is 40.9 Å². The molecule has 2 aromatic carbocycles. The molecule has 1 saturated heterocycles. The lowest BCUT2D eigenvalue weighted by atomic mass is 9.96. The fraction of sp³-hybridized carbons (Fsp3) is 0.241. The summed E-state index contributed by atoms with van der Waals surface area (Å²) in [6, 6.07) is 17.6. The van der Waals surface area contributed by atoms with Crippen molar-refractivity contribution in [2.24, 2.45) is 0 Å². The Bertz CT molecular complexity index is 1590. The number of benzene rings is 2. The average Bonchev–Trinajstić information content (AvgIpc) is 3.46. The summed E-state index contributed by atoms with van der Waals surface area (Å²) in [7, 11) is 4.69. The zero-order valence-electron chi connectivity index (χ0n) is 22.7. The van der Waals surface area contributed by atoms with Crippen LogP contribution >= 0.6 is 12.2 Å². The van der Waals surface area contributed by atoms with Crippen molar-refractivity contribution in [1.82, 2.24) is 14.9 Å². The molecule has 0 unspecified atom stereocenters. The number of ether oxygens (including phenoxy) is 3. The molecule has 1 fully saturated rings. The summed E-state index contributed by atoms with van der Waals surface area (Å²) in [5, 5.41) is 16.0. The maximum absolute atomic E-state index is 12.1. The third kappa shape index (κ3) is 4.58. The van der Waals surface area contributed by atoms with Crippen molar-refractivity contribution >= 4 is 28.7 Å². The predicted octanol–water partition coefficient (Wildman–Crippen LogP) is 5.60. The number of pyridine rings is 1. The Kier molecular flexibility index (Phi) is 7.31. The highest BCUT2D eigenvalue weighted by atomic mass is 32.1. The Morgan fingerprint density at radius 1 is 0.950 bits per heavy atom. The molecule has 2 aromatic heterocycles. The zero-order valence-corrected chi connectivity index (χ0v) is 23.6. The smallest absolute Gasteiger partial charge is 0.296 e. The number of nitro benzene ring substituents is 1. The minimum atomic E-state index is -0.395. The van der Waals surface area contributed by atoms with E-state index in [4.69, 9.17) is 26.4 Å². The molecule has 0 spiro atoms. The molecule has 11 heteroatoms. The minimum Gasteiger partial charge on any atom is -0.497 e. The number of nitro groups is 1. The molecule has 5 rings (SSSR count). The van der Waals surface area contributed by atoms with Crippen LogP contribution in [0.1, 0.15) is 34.7 Å². The predicted molar refractivity (Wildman–Crippen MR) is 156 cm³/mol. The van der Waals surface area contributed by atoms with Gasteiger partial charge in [-0.3, -0.25) is 15.1 Å². The Labute approximate surface area is 237 Å². The number of hydrogen-bond acceptors (Lipinski definition) is 7. The van der Waals surface area contributed by atoms with Crippen LogP contribution in [0.25, 0.3) is 5.69 Å². The molecule has 1 N–H and O–H groups in total. The van der Waals surface area contributed by atoms with Crippen molar-refractivity contribution in [2.75, 3.05) is 26.2 Å². The lowest BCUT2D eigenvalue weighted by molar-refractivity contribution is -0.384. The second-order valence-electron chi connectivity index (χ2n) is 9.31. The third-order valence-corrected chi connectivity index (χ3v) is 7.47. The topological polar surface area (TPSA) is 104 Å². The SMILES string of the molecule is COc1ccc(N2C(=S)N[C@@H](c3ccccn3)[C@@H]2c2cc(C)n(-c3ccc(OC)cc3[N+](=O)[O-])c2C)c(OC)c1. The van der Waals surface area contributed by atoms with Gasteiger partial charge in [0.2, 0.25) is 0 Å². The molecule has 1 aliphatic rings. The van der Waals surface area contributed by atoms with Crippen LogP contribution < -0.4 is 24.4 Å². The molecular formula is C29H29N5O5S. The number of thiocarbonyl (C=S) groups is 1. The van der Waals surface area contributed by atoms with Gasteiger partial charge in [0.15, 0.2) is 5.11 Å². The molecule has 2 atom stereocenters. The Morgan fingerprint density at radius 3 is 2.27 bits per heavy atom. The first kappa shape index (κ1) is 26.9. The van der Waals surface area contributed by atoms with Crippen LogP contribution in [0, 0.1) is 24.0 Å². The molecule has 10 nitrogen and oxygen atoms in total. The van der Waals surface area contributed by atoms with Crippen molar-refractivity contribution < 1.29 is 19.1 Å². The quantitative estimate of drug-likeness (QED) is 0.168. The van der Waals surface area contributed by atoms with Crippen LogP contribution in [0.3, 0.4) is 0 Å². The largest absolute Gasteiger partial charge is 0.497 e. The summed E-state index contributed by atoms with van der Waals surface area (Å²) in [4.78, 5) is 18.3. The monoisotopic (exact) mass is 559 g/mol. The zero-order chi connectivity index (χ0) is 28.6. The van der Waals surface area contributed by atoms with E-state index in [1.54, 1.807) is 32.5 Å². The second-order valence-corrected chi connectivity index (χ2v) is 9.69. The van der Waals surface area contributed by atoms with Crippen molar-refractivity contribution in [3.63, 3.8) is 0 Å². The van der Waals surface area contributed by atoms with Gasteiger partial charge in [0, 0.05) is 23.7 Å². The molecule has 0 bridgehead atoms. The van der Waals surface area contributed by atoms with Crippen LogP contribution in [0.15, 0.2) is 66.9 Å². The summed E-state index contributed by atoms with van der Waals surface area (Å²) in [6.45, 7) is 3.88. The maximum atomic E-state index is 12.1. The second kappa shape index (κ2) is 10.9. The number of nitrogens with one attached hydrogen (secondary N) is 1. The molecule has 4 aromatic rings. The Balaban J connectivity index is 1.72. The van der Waals surface area contributed by atoms with E-state index in [0.717, 1.165) is 28.3 Å². The molecule has 0 amide bonds. The van der Waals surface area contributed by atoms with Crippen molar-refractivity contribution in [2.45, 2.75) is 25.9 Å². The number of rotatable bonds is 8. The molecule has 206 valence electrons. The van der Waals surface area contributed by atoms with Gasteiger partial charge in [-0.2, -0.15) is 0 Å². The van der Waals surface area contributed by atoms with E-state index < -0.39 is 4.92 Å². The molecule has 0 radical (unpaired) electrons. The van der Waals surface area contributed by atoms with Gasteiger partial charge in [-0.05, 0) is 74.1 Å². The third-order valence-electron chi connectivity index (χ3n) is 7.15. The highest BCUT2D eigenvalue weighted by Gasteiger charge is 2.43. The van der Waals surface area contributed by atoms with Crippen LogP contribution in [0.2, 0.25) is 0 Å². The highest BCUT2D eigenvalue weighted by Crippen LogP contribution is 2.47. The van der Waals surface area contributed by atoms with Gasteiger partial charge in [0.05, 0.1) is 55.8 Å². The summed E-state index contributed by atoms with van der Waals surface area (Å²) in [6.07, 6.45) is 1.75. The summed E-state index contributed by atoms with van der Waals surface area (Å²) >= 11 is 5.89. The number of anilines is 1.